The molecule has 84 valence electrons. The zero-order valence-electron chi connectivity index (χ0n) is 9.73. The Morgan fingerprint density at radius 2 is 1.44 bits per heavy atom. The lowest BCUT2D eigenvalue weighted by atomic mass is 10.3. The molecule has 0 heterocycles. The topological polar surface area (TPSA) is 9.23 Å². The van der Waals surface area contributed by atoms with E-state index in [1.807, 2.05) is 31.2 Å². The van der Waals surface area contributed by atoms with E-state index in [-0.39, 0.29) is 0 Å². The van der Waals surface area contributed by atoms with Crippen molar-refractivity contribution in [1.82, 2.24) is 0 Å². The second kappa shape index (κ2) is 9.53. The highest BCUT2D eigenvalue weighted by Gasteiger charge is 1.94. The normalized spacial score (nSPS) is 13.1. The van der Waals surface area contributed by atoms with E-state index in [2.05, 4.69) is 19.7 Å². The molecule has 0 spiro atoms. The molecule has 1 heteroatoms. The second-order valence-electron chi connectivity index (χ2n) is 2.79. The van der Waals surface area contributed by atoms with Crippen LogP contribution in [0.5, 0.6) is 0 Å². The van der Waals surface area contributed by atoms with Crippen molar-refractivity contribution in [2.24, 2.45) is 0 Å². The van der Waals surface area contributed by atoms with Gasteiger partial charge in [-0.05, 0) is 31.2 Å². The summed E-state index contributed by atoms with van der Waals surface area (Å²) in [5, 5.41) is 0. The quantitative estimate of drug-likeness (QED) is 0.449. The average Bonchev–Trinajstić information content (AvgIpc) is 2.31. The first-order valence-corrected chi connectivity index (χ1v) is 5.03. The van der Waals surface area contributed by atoms with Crippen molar-refractivity contribution in [3.05, 3.63) is 85.9 Å². The van der Waals surface area contributed by atoms with Crippen molar-refractivity contribution in [2.75, 3.05) is 0 Å². The van der Waals surface area contributed by atoms with Crippen LogP contribution in [-0.4, -0.2) is 0 Å². The number of ether oxygens (including phenoxy) is 1. The monoisotopic (exact) mass is 214 g/mol. The average molecular weight is 214 g/mol. The van der Waals surface area contributed by atoms with Crippen LogP contribution in [0.1, 0.15) is 6.92 Å². The van der Waals surface area contributed by atoms with E-state index in [1.54, 1.807) is 30.4 Å². The molecule has 0 atom stereocenters. The van der Waals surface area contributed by atoms with Gasteiger partial charge in [0.1, 0.15) is 11.5 Å². The van der Waals surface area contributed by atoms with Gasteiger partial charge in [0.25, 0.3) is 0 Å². The van der Waals surface area contributed by atoms with Gasteiger partial charge in [0.05, 0.1) is 0 Å². The molecule has 16 heavy (non-hydrogen) atoms. The number of rotatable bonds is 7. The molecule has 0 amide bonds. The molecule has 0 radical (unpaired) electrons. The van der Waals surface area contributed by atoms with Crippen LogP contribution in [-0.2, 0) is 4.74 Å². The fourth-order valence-corrected chi connectivity index (χ4v) is 0.891. The predicted octanol–water partition coefficient (Wildman–Crippen LogP) is 4.46. The van der Waals surface area contributed by atoms with E-state index in [0.29, 0.717) is 5.76 Å². The molecule has 0 saturated carbocycles. The summed E-state index contributed by atoms with van der Waals surface area (Å²) in [5.41, 5.74) is 0. The first-order valence-electron chi connectivity index (χ1n) is 5.03. The molecule has 0 aromatic rings. The van der Waals surface area contributed by atoms with Gasteiger partial charge < -0.3 is 4.74 Å². The molecule has 0 N–H and O–H groups in total. The molecule has 0 aliphatic rings. The van der Waals surface area contributed by atoms with E-state index < -0.39 is 0 Å². The molecule has 0 aromatic heterocycles. The standard InChI is InChI=1S/C15H18O/c1-5-9-12-14(8-4)16-15(11-7-3)13-10-6-2/h5-13H,1-3H2,4H3/b12-9-,13-10-,14-8+,15-11+. The zero-order chi connectivity index (χ0) is 12.2. The van der Waals surface area contributed by atoms with E-state index in [1.165, 1.54) is 0 Å². The van der Waals surface area contributed by atoms with Crippen LogP contribution in [0.2, 0.25) is 0 Å². The highest BCUT2D eigenvalue weighted by molar-refractivity contribution is 5.25. The van der Waals surface area contributed by atoms with Crippen molar-refractivity contribution < 1.29 is 4.74 Å². The van der Waals surface area contributed by atoms with Crippen LogP contribution in [0.25, 0.3) is 0 Å². The molecular formula is C15H18O. The molecule has 0 bridgehead atoms. The summed E-state index contributed by atoms with van der Waals surface area (Å²) in [6, 6.07) is 0. The molecule has 0 aliphatic heterocycles. The van der Waals surface area contributed by atoms with Gasteiger partial charge in [-0.1, -0.05) is 50.1 Å². The van der Waals surface area contributed by atoms with Crippen molar-refractivity contribution in [1.29, 1.82) is 0 Å². The predicted molar refractivity (Wildman–Crippen MR) is 71.8 cm³/mol. The molecule has 0 aromatic carbocycles. The summed E-state index contributed by atoms with van der Waals surface area (Å²) < 4.78 is 5.63. The van der Waals surface area contributed by atoms with Gasteiger partial charge in [0.2, 0.25) is 0 Å². The molecule has 0 fully saturated rings. The number of hydrogen-bond donors (Lipinski definition) is 0. The summed E-state index contributed by atoms with van der Waals surface area (Å²) in [6.07, 6.45) is 16.0. The van der Waals surface area contributed by atoms with Gasteiger partial charge in [-0.25, -0.2) is 0 Å². The summed E-state index contributed by atoms with van der Waals surface area (Å²) in [7, 11) is 0. The van der Waals surface area contributed by atoms with Gasteiger partial charge in [-0.3, -0.25) is 0 Å². The Morgan fingerprint density at radius 1 is 0.875 bits per heavy atom. The molecular weight excluding hydrogens is 196 g/mol. The summed E-state index contributed by atoms with van der Waals surface area (Å²) in [4.78, 5) is 0. The summed E-state index contributed by atoms with van der Waals surface area (Å²) in [6.45, 7) is 12.8. The SMILES string of the molecule is C=C/C=C\C(=C/C)OC(/C=C\C=C)=C/C=C. The fraction of sp³-hybridized carbons (Fsp3) is 0.0667. The summed E-state index contributed by atoms with van der Waals surface area (Å²) in [5.74, 6) is 1.46. The number of hydrogen-bond acceptors (Lipinski definition) is 1. The number of allylic oxidation sites excluding steroid dienone is 9. The Hall–Kier alpha value is -2.02. The zero-order valence-corrected chi connectivity index (χ0v) is 9.73. The van der Waals surface area contributed by atoms with E-state index in [9.17, 15) is 0 Å². The first-order chi connectivity index (χ1) is 7.78. The molecule has 0 rings (SSSR count). The molecule has 0 aliphatic carbocycles. The van der Waals surface area contributed by atoms with Gasteiger partial charge in [-0.2, -0.15) is 0 Å². The van der Waals surface area contributed by atoms with Crippen molar-refractivity contribution in [3.8, 4) is 0 Å². The Labute approximate surface area is 98.1 Å². The summed E-state index contributed by atoms with van der Waals surface area (Å²) >= 11 is 0. The van der Waals surface area contributed by atoms with Gasteiger partial charge in [-0.15, -0.1) is 0 Å². The van der Waals surface area contributed by atoms with Gasteiger partial charge in [0, 0.05) is 0 Å². The Bertz CT molecular complexity index is 352. The van der Waals surface area contributed by atoms with Crippen molar-refractivity contribution in [3.63, 3.8) is 0 Å². The third-order valence-corrected chi connectivity index (χ3v) is 1.60. The van der Waals surface area contributed by atoms with E-state index in [0.717, 1.165) is 5.76 Å². The molecule has 0 saturated heterocycles. The highest BCUT2D eigenvalue weighted by Crippen LogP contribution is 2.10. The maximum Gasteiger partial charge on any atom is 0.127 e. The maximum atomic E-state index is 5.63. The van der Waals surface area contributed by atoms with Crippen LogP contribution in [0.15, 0.2) is 85.9 Å². The van der Waals surface area contributed by atoms with Crippen molar-refractivity contribution in [2.45, 2.75) is 6.92 Å². The third kappa shape index (κ3) is 6.44. The molecule has 0 unspecified atom stereocenters. The first kappa shape index (κ1) is 14.0. The Balaban J connectivity index is 4.73. The van der Waals surface area contributed by atoms with Crippen LogP contribution in [0.3, 0.4) is 0 Å². The lowest BCUT2D eigenvalue weighted by Crippen LogP contribution is -1.87. The van der Waals surface area contributed by atoms with Crippen LogP contribution >= 0.6 is 0 Å². The van der Waals surface area contributed by atoms with Gasteiger partial charge >= 0.3 is 0 Å². The smallest absolute Gasteiger partial charge is 0.127 e. The minimum atomic E-state index is 0.705. The fourth-order valence-electron chi connectivity index (χ4n) is 0.891. The lowest BCUT2D eigenvalue weighted by Gasteiger charge is -2.06. The van der Waals surface area contributed by atoms with E-state index >= 15 is 0 Å². The van der Waals surface area contributed by atoms with Gasteiger partial charge in [0.15, 0.2) is 0 Å². The third-order valence-electron chi connectivity index (χ3n) is 1.60. The van der Waals surface area contributed by atoms with Crippen LogP contribution in [0.4, 0.5) is 0 Å². The Kier molecular flexibility index (Phi) is 8.33. The molecule has 1 nitrogen and oxygen atoms in total. The highest BCUT2D eigenvalue weighted by atomic mass is 16.5. The Morgan fingerprint density at radius 3 is 1.88 bits per heavy atom. The largest absolute Gasteiger partial charge is 0.458 e. The minimum Gasteiger partial charge on any atom is -0.458 e. The van der Waals surface area contributed by atoms with Crippen LogP contribution < -0.4 is 0 Å². The maximum absolute atomic E-state index is 5.63. The van der Waals surface area contributed by atoms with E-state index in [4.69, 9.17) is 4.74 Å². The lowest BCUT2D eigenvalue weighted by molar-refractivity contribution is 0.335. The second-order valence-corrected chi connectivity index (χ2v) is 2.79. The minimum absolute atomic E-state index is 0.705. The van der Waals surface area contributed by atoms with Crippen LogP contribution in [0, 0.1) is 0 Å². The van der Waals surface area contributed by atoms with Crippen molar-refractivity contribution >= 4 is 0 Å².